The second kappa shape index (κ2) is 5.66. The van der Waals surface area contributed by atoms with Crippen molar-refractivity contribution >= 4 is 11.9 Å². The third kappa shape index (κ3) is 2.58. The zero-order chi connectivity index (χ0) is 15.9. The molecule has 120 valence electrons. The number of H-pyrrole nitrogens is 1. The van der Waals surface area contributed by atoms with E-state index in [0.717, 1.165) is 37.2 Å². The molecular weight excluding hydrogens is 280 g/mol. The molecule has 3 aliphatic rings. The average molecular weight is 304 g/mol. The van der Waals surface area contributed by atoms with Gasteiger partial charge in [-0.05, 0) is 31.7 Å². The molecule has 1 aromatic heterocycles. The molecule has 0 saturated carbocycles. The zero-order valence-corrected chi connectivity index (χ0v) is 13.5. The highest BCUT2D eigenvalue weighted by Crippen LogP contribution is 2.30. The number of piperidine rings is 1. The number of rotatable bonds is 1. The molecule has 0 aliphatic carbocycles. The van der Waals surface area contributed by atoms with Gasteiger partial charge in [0.1, 0.15) is 0 Å². The van der Waals surface area contributed by atoms with Crippen molar-refractivity contribution in [3.8, 4) is 0 Å². The molecule has 3 fully saturated rings. The number of urea groups is 1. The number of nitrogens with zero attached hydrogens (tertiary/aromatic N) is 3. The number of aryl methyl sites for hydroxylation is 1. The number of hydrogen-bond donors (Lipinski definition) is 1. The summed E-state index contributed by atoms with van der Waals surface area (Å²) in [6, 6.07) is 2.02. The molecule has 2 bridgehead atoms. The van der Waals surface area contributed by atoms with E-state index >= 15 is 0 Å². The highest BCUT2D eigenvalue weighted by atomic mass is 16.2. The molecule has 22 heavy (non-hydrogen) atoms. The van der Waals surface area contributed by atoms with Gasteiger partial charge >= 0.3 is 6.03 Å². The Morgan fingerprint density at radius 1 is 1.23 bits per heavy atom. The third-order valence-corrected chi connectivity index (χ3v) is 4.81. The van der Waals surface area contributed by atoms with Crippen molar-refractivity contribution in [1.29, 1.82) is 0 Å². The first-order valence-corrected chi connectivity index (χ1v) is 7.88. The summed E-state index contributed by atoms with van der Waals surface area (Å²) in [7, 11) is 3.56. The van der Waals surface area contributed by atoms with E-state index in [0.29, 0.717) is 12.5 Å². The highest BCUT2D eigenvalue weighted by Gasteiger charge is 2.39. The lowest BCUT2D eigenvalue weighted by molar-refractivity contribution is 0.0585. The summed E-state index contributed by atoms with van der Waals surface area (Å²) in [5.41, 5.74) is 1.66. The Balaban J connectivity index is 1.80. The van der Waals surface area contributed by atoms with Gasteiger partial charge in [0.25, 0.3) is 5.91 Å². The lowest BCUT2D eigenvalue weighted by atomic mass is 9.94. The van der Waals surface area contributed by atoms with E-state index in [1.807, 2.05) is 22.8 Å². The number of aromatic amines is 1. The van der Waals surface area contributed by atoms with Gasteiger partial charge < -0.3 is 19.7 Å². The number of carbonyl (C=O) groups is 2. The number of fused-ring (bicyclic) bond motifs is 4. The second-order valence-electron chi connectivity index (χ2n) is 6.65. The SMILES string of the molecule is Cc1[nH]ccc1C(=O)N1C[C@H]2CC[C@@H]1CN(C(=O)N(C)C)C2. The van der Waals surface area contributed by atoms with Gasteiger partial charge in [-0.2, -0.15) is 0 Å². The van der Waals surface area contributed by atoms with Crippen LogP contribution in [0, 0.1) is 12.8 Å². The molecule has 1 N–H and O–H groups in total. The van der Waals surface area contributed by atoms with Crippen molar-refractivity contribution in [1.82, 2.24) is 19.7 Å². The predicted octanol–water partition coefficient (Wildman–Crippen LogP) is 1.54. The highest BCUT2D eigenvalue weighted by molar-refractivity contribution is 5.95. The van der Waals surface area contributed by atoms with E-state index in [1.165, 1.54) is 0 Å². The summed E-state index contributed by atoms with van der Waals surface area (Å²) in [5.74, 6) is 0.471. The summed E-state index contributed by atoms with van der Waals surface area (Å²) in [4.78, 5) is 33.7. The normalized spacial score (nSPS) is 24.3. The Morgan fingerprint density at radius 3 is 2.64 bits per heavy atom. The van der Waals surface area contributed by atoms with Crippen molar-refractivity contribution < 1.29 is 9.59 Å². The van der Waals surface area contributed by atoms with E-state index in [2.05, 4.69) is 4.98 Å². The molecule has 0 spiro atoms. The number of aromatic nitrogens is 1. The van der Waals surface area contributed by atoms with Crippen LogP contribution >= 0.6 is 0 Å². The van der Waals surface area contributed by atoms with Crippen molar-refractivity contribution in [2.75, 3.05) is 33.7 Å². The Bertz CT molecular complexity index is 580. The Kier molecular flexibility index (Phi) is 3.85. The number of nitrogens with one attached hydrogen (secondary N) is 1. The molecule has 4 heterocycles. The van der Waals surface area contributed by atoms with E-state index in [1.54, 1.807) is 25.2 Å². The van der Waals surface area contributed by atoms with Crippen molar-refractivity contribution in [2.45, 2.75) is 25.8 Å². The molecule has 3 aliphatic heterocycles. The van der Waals surface area contributed by atoms with Crippen LogP contribution in [0.2, 0.25) is 0 Å². The van der Waals surface area contributed by atoms with Crippen molar-refractivity contribution in [3.05, 3.63) is 23.5 Å². The van der Waals surface area contributed by atoms with Crippen molar-refractivity contribution in [2.24, 2.45) is 5.92 Å². The summed E-state index contributed by atoms with van der Waals surface area (Å²) in [6.45, 7) is 4.07. The van der Waals surface area contributed by atoms with Gasteiger partial charge in [-0.15, -0.1) is 0 Å². The van der Waals surface area contributed by atoms with Crippen LogP contribution in [0.4, 0.5) is 4.79 Å². The Morgan fingerprint density at radius 2 is 2.00 bits per heavy atom. The summed E-state index contributed by atoms with van der Waals surface area (Å²) < 4.78 is 0. The first kappa shape index (κ1) is 14.9. The van der Waals surface area contributed by atoms with Crippen LogP contribution in [0.25, 0.3) is 0 Å². The van der Waals surface area contributed by atoms with Crippen LogP contribution in [0.1, 0.15) is 28.9 Å². The van der Waals surface area contributed by atoms with Gasteiger partial charge in [-0.25, -0.2) is 4.79 Å². The fourth-order valence-electron chi connectivity index (χ4n) is 3.61. The van der Waals surface area contributed by atoms with Gasteiger partial charge in [0.05, 0.1) is 5.56 Å². The second-order valence-corrected chi connectivity index (χ2v) is 6.65. The maximum Gasteiger partial charge on any atom is 0.319 e. The molecule has 3 amide bonds. The van der Waals surface area contributed by atoms with Crippen LogP contribution in [-0.2, 0) is 0 Å². The largest absolute Gasteiger partial charge is 0.365 e. The van der Waals surface area contributed by atoms with Gasteiger partial charge in [0, 0.05) is 51.7 Å². The van der Waals surface area contributed by atoms with Gasteiger partial charge in [0.15, 0.2) is 0 Å². The average Bonchev–Trinajstić information content (AvgIpc) is 2.73. The smallest absolute Gasteiger partial charge is 0.319 e. The van der Waals surface area contributed by atoms with Crippen molar-refractivity contribution in [3.63, 3.8) is 0 Å². The lowest BCUT2D eigenvalue weighted by Gasteiger charge is -2.36. The van der Waals surface area contributed by atoms with E-state index in [-0.39, 0.29) is 18.0 Å². The van der Waals surface area contributed by atoms with Crippen LogP contribution in [-0.4, -0.2) is 71.4 Å². The van der Waals surface area contributed by atoms with Gasteiger partial charge in [-0.1, -0.05) is 0 Å². The zero-order valence-electron chi connectivity index (χ0n) is 13.5. The predicted molar refractivity (Wildman–Crippen MR) is 83.7 cm³/mol. The maximum absolute atomic E-state index is 12.8. The summed E-state index contributed by atoms with van der Waals surface area (Å²) in [5, 5.41) is 0. The van der Waals surface area contributed by atoms with Gasteiger partial charge in [-0.3, -0.25) is 4.79 Å². The topological polar surface area (TPSA) is 59.7 Å². The van der Waals surface area contributed by atoms with Gasteiger partial charge in [0.2, 0.25) is 0 Å². The van der Waals surface area contributed by atoms with E-state index < -0.39 is 0 Å². The standard InChI is InChI=1S/C16H24N4O2/c1-11-14(6-7-17-11)15(21)20-9-12-4-5-13(20)10-19(8-12)16(22)18(2)3/h6-7,12-13,17H,4-5,8-10H2,1-3H3/t12-,13+/m0/s1. The summed E-state index contributed by atoms with van der Waals surface area (Å²) >= 11 is 0. The quantitative estimate of drug-likeness (QED) is 0.855. The maximum atomic E-state index is 12.8. The fourth-order valence-corrected chi connectivity index (χ4v) is 3.61. The van der Waals surface area contributed by atoms with Crippen LogP contribution in [0.3, 0.4) is 0 Å². The molecule has 4 rings (SSSR count). The van der Waals surface area contributed by atoms with E-state index in [4.69, 9.17) is 0 Å². The molecule has 1 aromatic rings. The molecule has 0 aromatic carbocycles. The number of amides is 3. The van der Waals surface area contributed by atoms with Crippen LogP contribution < -0.4 is 0 Å². The fraction of sp³-hybridized carbons (Fsp3) is 0.625. The number of hydrogen-bond acceptors (Lipinski definition) is 2. The van der Waals surface area contributed by atoms with Crippen LogP contribution in [0.15, 0.2) is 12.3 Å². The molecule has 0 unspecified atom stereocenters. The summed E-state index contributed by atoms with van der Waals surface area (Å²) in [6.07, 6.45) is 3.88. The Labute approximate surface area is 131 Å². The monoisotopic (exact) mass is 304 g/mol. The Hall–Kier alpha value is -1.98. The molecule has 6 heteroatoms. The third-order valence-electron chi connectivity index (χ3n) is 4.81. The number of carbonyl (C=O) groups excluding carboxylic acids is 2. The van der Waals surface area contributed by atoms with E-state index in [9.17, 15) is 9.59 Å². The molecular formula is C16H24N4O2. The molecule has 6 nitrogen and oxygen atoms in total. The minimum atomic E-state index is 0.0454. The van der Waals surface area contributed by atoms with Crippen LogP contribution in [0.5, 0.6) is 0 Å². The lowest BCUT2D eigenvalue weighted by Crippen LogP contribution is -2.48. The molecule has 2 atom stereocenters. The minimum absolute atomic E-state index is 0.0454. The molecule has 0 radical (unpaired) electrons. The molecule has 3 saturated heterocycles. The first-order valence-electron chi connectivity index (χ1n) is 7.88. The minimum Gasteiger partial charge on any atom is -0.365 e. The first-order chi connectivity index (χ1) is 10.5.